The second kappa shape index (κ2) is 3.85. The summed E-state index contributed by atoms with van der Waals surface area (Å²) in [6, 6.07) is 10.4. The van der Waals surface area contributed by atoms with Crippen LogP contribution >= 0.6 is 0 Å². The Kier molecular flexibility index (Phi) is 2.70. The smallest absolute Gasteiger partial charge is 0.113 e. The summed E-state index contributed by atoms with van der Waals surface area (Å²) in [5.41, 5.74) is 1.26. The monoisotopic (exact) mass is 218 g/mol. The summed E-state index contributed by atoms with van der Waals surface area (Å²) >= 11 is 0. The van der Waals surface area contributed by atoms with E-state index in [1.165, 1.54) is 11.3 Å². The molecule has 1 aliphatic carbocycles. The molecule has 0 amide bonds. The standard InChI is InChI=1S/C13H18OSi/c1-15(2,3)13-9-12(13)14-10-11-7-5-4-6-8-11/h4-8H,9-10H2,1-3H3. The molecule has 0 N–H and O–H groups in total. The highest BCUT2D eigenvalue weighted by Crippen LogP contribution is 2.39. The normalized spacial score (nSPS) is 15.4. The van der Waals surface area contributed by atoms with E-state index in [4.69, 9.17) is 4.74 Å². The lowest BCUT2D eigenvalue weighted by atomic mass is 10.2. The van der Waals surface area contributed by atoms with Crippen LogP contribution in [0.4, 0.5) is 0 Å². The van der Waals surface area contributed by atoms with Crippen LogP contribution in [0.5, 0.6) is 0 Å². The largest absolute Gasteiger partial charge is 0.493 e. The molecular weight excluding hydrogens is 200 g/mol. The number of hydrogen-bond donors (Lipinski definition) is 0. The van der Waals surface area contributed by atoms with Gasteiger partial charge in [0.1, 0.15) is 6.61 Å². The highest BCUT2D eigenvalue weighted by molar-refractivity contribution is 6.84. The molecule has 1 aromatic carbocycles. The van der Waals surface area contributed by atoms with Crippen LogP contribution in [0, 0.1) is 0 Å². The molecule has 0 saturated heterocycles. The fraction of sp³-hybridized carbons (Fsp3) is 0.385. The van der Waals surface area contributed by atoms with Gasteiger partial charge in [0.15, 0.2) is 0 Å². The van der Waals surface area contributed by atoms with E-state index in [1.807, 2.05) is 6.07 Å². The maximum atomic E-state index is 5.79. The third-order valence-corrected chi connectivity index (χ3v) is 4.98. The molecule has 0 heterocycles. The van der Waals surface area contributed by atoms with Gasteiger partial charge in [0.05, 0.1) is 13.8 Å². The number of allylic oxidation sites excluding steroid dienone is 2. The van der Waals surface area contributed by atoms with E-state index in [2.05, 4.69) is 43.9 Å². The predicted molar refractivity (Wildman–Crippen MR) is 66.2 cm³/mol. The number of rotatable bonds is 4. The molecular formula is C13H18OSi. The highest BCUT2D eigenvalue weighted by atomic mass is 28.3. The third kappa shape index (κ3) is 2.72. The van der Waals surface area contributed by atoms with Gasteiger partial charge in [-0.3, -0.25) is 0 Å². The van der Waals surface area contributed by atoms with Gasteiger partial charge < -0.3 is 4.74 Å². The summed E-state index contributed by atoms with van der Waals surface area (Å²) < 4.78 is 5.79. The average molecular weight is 218 g/mol. The van der Waals surface area contributed by atoms with Crippen molar-refractivity contribution >= 4 is 8.07 Å². The number of benzene rings is 1. The van der Waals surface area contributed by atoms with E-state index >= 15 is 0 Å². The Balaban J connectivity index is 1.89. The van der Waals surface area contributed by atoms with E-state index in [0.717, 1.165) is 13.0 Å². The van der Waals surface area contributed by atoms with Crippen molar-refractivity contribution in [2.45, 2.75) is 32.7 Å². The quantitative estimate of drug-likeness (QED) is 0.700. The summed E-state index contributed by atoms with van der Waals surface area (Å²) in [6.07, 6.45) is 1.13. The van der Waals surface area contributed by atoms with Gasteiger partial charge in [0, 0.05) is 6.42 Å². The van der Waals surface area contributed by atoms with Crippen LogP contribution in [0.3, 0.4) is 0 Å². The van der Waals surface area contributed by atoms with Crippen molar-refractivity contribution < 1.29 is 4.74 Å². The van der Waals surface area contributed by atoms with E-state index in [-0.39, 0.29) is 0 Å². The van der Waals surface area contributed by atoms with Crippen LogP contribution in [-0.4, -0.2) is 8.07 Å². The summed E-state index contributed by atoms with van der Waals surface area (Å²) in [6.45, 7) is 7.85. The fourth-order valence-electron chi connectivity index (χ4n) is 1.68. The average Bonchev–Trinajstić information content (AvgIpc) is 2.95. The summed E-state index contributed by atoms with van der Waals surface area (Å²) in [5, 5.41) is 1.61. The van der Waals surface area contributed by atoms with Crippen LogP contribution in [0.1, 0.15) is 12.0 Å². The fourth-order valence-corrected chi connectivity index (χ4v) is 3.28. The van der Waals surface area contributed by atoms with E-state index in [1.54, 1.807) is 5.20 Å². The van der Waals surface area contributed by atoms with Crippen molar-refractivity contribution in [2.24, 2.45) is 0 Å². The topological polar surface area (TPSA) is 9.23 Å². The van der Waals surface area contributed by atoms with Gasteiger partial charge in [-0.15, -0.1) is 0 Å². The van der Waals surface area contributed by atoms with Crippen LogP contribution in [0.2, 0.25) is 19.6 Å². The van der Waals surface area contributed by atoms with Crippen LogP contribution < -0.4 is 0 Å². The lowest BCUT2D eigenvalue weighted by Crippen LogP contribution is -2.18. The zero-order valence-corrected chi connectivity index (χ0v) is 10.7. The van der Waals surface area contributed by atoms with Gasteiger partial charge in [0.25, 0.3) is 0 Å². The minimum Gasteiger partial charge on any atom is -0.493 e. The maximum absolute atomic E-state index is 5.79. The molecule has 0 aliphatic heterocycles. The highest BCUT2D eigenvalue weighted by Gasteiger charge is 2.34. The Labute approximate surface area is 92.8 Å². The second-order valence-corrected chi connectivity index (χ2v) is 10.2. The third-order valence-electron chi connectivity index (χ3n) is 2.71. The molecule has 2 heteroatoms. The van der Waals surface area contributed by atoms with Gasteiger partial charge >= 0.3 is 0 Å². The Bertz CT molecular complexity index is 373. The van der Waals surface area contributed by atoms with Crippen molar-refractivity contribution in [1.82, 2.24) is 0 Å². The minimum atomic E-state index is -1.07. The van der Waals surface area contributed by atoms with E-state index in [9.17, 15) is 0 Å². The molecule has 0 bridgehead atoms. The van der Waals surface area contributed by atoms with Gasteiger partial charge in [-0.25, -0.2) is 0 Å². The Hall–Kier alpha value is -1.02. The summed E-state index contributed by atoms with van der Waals surface area (Å²) in [5.74, 6) is 1.26. The lowest BCUT2D eigenvalue weighted by Gasteiger charge is -2.08. The minimum absolute atomic E-state index is 0.726. The molecule has 0 aromatic heterocycles. The molecule has 1 aliphatic rings. The number of hydrogen-bond acceptors (Lipinski definition) is 1. The van der Waals surface area contributed by atoms with Crippen LogP contribution in [-0.2, 0) is 11.3 Å². The molecule has 2 rings (SSSR count). The van der Waals surface area contributed by atoms with Crippen molar-refractivity contribution in [3.63, 3.8) is 0 Å². The zero-order chi connectivity index (χ0) is 10.9. The first-order valence-electron chi connectivity index (χ1n) is 5.46. The lowest BCUT2D eigenvalue weighted by molar-refractivity contribution is 0.213. The van der Waals surface area contributed by atoms with Crippen LogP contribution in [0.25, 0.3) is 0 Å². The molecule has 0 atom stereocenters. The number of ether oxygens (including phenoxy) is 1. The molecule has 1 nitrogen and oxygen atoms in total. The van der Waals surface area contributed by atoms with Gasteiger partial charge in [0.2, 0.25) is 0 Å². The van der Waals surface area contributed by atoms with Gasteiger partial charge in [-0.05, 0) is 10.8 Å². The zero-order valence-electron chi connectivity index (χ0n) is 9.71. The molecule has 80 valence electrons. The van der Waals surface area contributed by atoms with E-state index < -0.39 is 8.07 Å². The molecule has 1 aromatic rings. The van der Waals surface area contributed by atoms with Crippen LogP contribution in [0.15, 0.2) is 41.3 Å². The molecule has 0 spiro atoms. The maximum Gasteiger partial charge on any atom is 0.113 e. The first-order chi connectivity index (χ1) is 7.07. The SMILES string of the molecule is C[Si](C)(C)C1=C(OCc2ccccc2)C1. The Morgan fingerprint density at radius 1 is 1.13 bits per heavy atom. The first-order valence-corrected chi connectivity index (χ1v) is 8.96. The van der Waals surface area contributed by atoms with Crippen molar-refractivity contribution in [1.29, 1.82) is 0 Å². The molecule has 0 unspecified atom stereocenters. The Morgan fingerprint density at radius 2 is 1.80 bits per heavy atom. The van der Waals surface area contributed by atoms with Gasteiger partial charge in [-0.1, -0.05) is 50.0 Å². The van der Waals surface area contributed by atoms with Crippen molar-refractivity contribution in [2.75, 3.05) is 0 Å². The molecule has 0 radical (unpaired) electrons. The molecule has 15 heavy (non-hydrogen) atoms. The van der Waals surface area contributed by atoms with Gasteiger partial charge in [-0.2, -0.15) is 0 Å². The predicted octanol–water partition coefficient (Wildman–Crippen LogP) is 3.74. The summed E-state index contributed by atoms with van der Waals surface area (Å²) in [7, 11) is -1.07. The second-order valence-electron chi connectivity index (χ2n) is 5.10. The molecule has 0 saturated carbocycles. The first kappa shape index (κ1) is 10.5. The molecule has 0 fully saturated rings. The Morgan fingerprint density at radius 3 is 2.33 bits per heavy atom. The van der Waals surface area contributed by atoms with E-state index in [0.29, 0.717) is 0 Å². The summed E-state index contributed by atoms with van der Waals surface area (Å²) in [4.78, 5) is 0. The van der Waals surface area contributed by atoms with Crippen molar-refractivity contribution in [3.8, 4) is 0 Å². The van der Waals surface area contributed by atoms with Crippen molar-refractivity contribution in [3.05, 3.63) is 46.9 Å².